The number of guanidine groups is 1. The van der Waals surface area contributed by atoms with Crippen molar-refractivity contribution in [2.75, 3.05) is 20.1 Å². The van der Waals surface area contributed by atoms with Crippen LogP contribution in [0.5, 0.6) is 0 Å². The highest BCUT2D eigenvalue weighted by Crippen LogP contribution is 2.15. The van der Waals surface area contributed by atoms with Gasteiger partial charge in [0, 0.05) is 39.6 Å². The second-order valence-corrected chi connectivity index (χ2v) is 6.65. The van der Waals surface area contributed by atoms with Crippen molar-refractivity contribution in [1.29, 1.82) is 0 Å². The molecule has 5 nitrogen and oxygen atoms in total. The van der Waals surface area contributed by atoms with E-state index in [-0.39, 0.29) is 5.91 Å². The SMILES string of the molecule is CCCCCCNC(=NC)NCc1cccc(CN2CCCC2=O)c1. The molecule has 0 bridgehead atoms. The number of carbonyl (C=O) groups is 1. The number of hydrogen-bond donors (Lipinski definition) is 2. The van der Waals surface area contributed by atoms with E-state index in [0.717, 1.165) is 38.6 Å². The van der Waals surface area contributed by atoms with Crippen molar-refractivity contribution < 1.29 is 4.79 Å². The van der Waals surface area contributed by atoms with Crippen LogP contribution >= 0.6 is 0 Å². The molecule has 0 aromatic heterocycles. The van der Waals surface area contributed by atoms with Gasteiger partial charge in [-0.3, -0.25) is 9.79 Å². The van der Waals surface area contributed by atoms with Crippen molar-refractivity contribution in [2.45, 2.75) is 58.5 Å². The zero-order valence-corrected chi connectivity index (χ0v) is 15.7. The molecule has 0 radical (unpaired) electrons. The van der Waals surface area contributed by atoms with Crippen LogP contribution in [-0.2, 0) is 17.9 Å². The maximum Gasteiger partial charge on any atom is 0.222 e. The number of rotatable bonds is 9. The molecule has 2 N–H and O–H groups in total. The third-order valence-electron chi connectivity index (χ3n) is 4.54. The van der Waals surface area contributed by atoms with Crippen LogP contribution in [0.2, 0.25) is 0 Å². The van der Waals surface area contributed by atoms with E-state index in [0.29, 0.717) is 6.42 Å². The Balaban J connectivity index is 1.77. The summed E-state index contributed by atoms with van der Waals surface area (Å²) in [5, 5.41) is 6.73. The predicted molar refractivity (Wildman–Crippen MR) is 103 cm³/mol. The van der Waals surface area contributed by atoms with Crippen molar-refractivity contribution in [2.24, 2.45) is 4.99 Å². The van der Waals surface area contributed by atoms with E-state index in [1.807, 2.05) is 4.90 Å². The molecular weight excluding hydrogens is 312 g/mol. The maximum atomic E-state index is 11.8. The summed E-state index contributed by atoms with van der Waals surface area (Å²) in [6.45, 7) is 5.52. The van der Waals surface area contributed by atoms with Crippen molar-refractivity contribution in [1.82, 2.24) is 15.5 Å². The minimum absolute atomic E-state index is 0.274. The lowest BCUT2D eigenvalue weighted by molar-refractivity contribution is -0.128. The third-order valence-corrected chi connectivity index (χ3v) is 4.54. The Morgan fingerprint density at radius 3 is 2.76 bits per heavy atom. The topological polar surface area (TPSA) is 56.7 Å². The molecule has 1 saturated heterocycles. The van der Waals surface area contributed by atoms with E-state index in [1.165, 1.54) is 36.8 Å². The molecule has 2 rings (SSSR count). The summed E-state index contributed by atoms with van der Waals surface area (Å²) in [5.41, 5.74) is 2.40. The molecule has 138 valence electrons. The van der Waals surface area contributed by atoms with E-state index in [4.69, 9.17) is 0 Å². The molecule has 0 aliphatic carbocycles. The number of hydrogen-bond acceptors (Lipinski definition) is 2. The molecule has 5 heteroatoms. The fourth-order valence-electron chi connectivity index (χ4n) is 3.09. The van der Waals surface area contributed by atoms with Gasteiger partial charge in [-0.1, -0.05) is 50.5 Å². The molecule has 25 heavy (non-hydrogen) atoms. The summed E-state index contributed by atoms with van der Waals surface area (Å²) >= 11 is 0. The van der Waals surface area contributed by atoms with Crippen molar-refractivity contribution >= 4 is 11.9 Å². The number of aliphatic imine (C=N–C) groups is 1. The Hall–Kier alpha value is -2.04. The monoisotopic (exact) mass is 344 g/mol. The first-order chi connectivity index (χ1) is 12.2. The highest BCUT2D eigenvalue weighted by molar-refractivity contribution is 5.79. The van der Waals surface area contributed by atoms with Crippen LogP contribution in [0.3, 0.4) is 0 Å². The number of carbonyl (C=O) groups excluding carboxylic acids is 1. The van der Waals surface area contributed by atoms with Crippen molar-refractivity contribution in [3.05, 3.63) is 35.4 Å². The zero-order valence-electron chi connectivity index (χ0n) is 15.7. The van der Waals surface area contributed by atoms with Crippen LogP contribution in [0.1, 0.15) is 56.6 Å². The normalized spacial score (nSPS) is 14.9. The Bertz CT molecular complexity index is 571. The molecule has 1 aliphatic rings. The summed E-state index contributed by atoms with van der Waals surface area (Å²) in [4.78, 5) is 18.0. The summed E-state index contributed by atoms with van der Waals surface area (Å²) < 4.78 is 0. The van der Waals surface area contributed by atoms with Gasteiger partial charge >= 0.3 is 0 Å². The number of amides is 1. The van der Waals surface area contributed by atoms with Crippen LogP contribution in [0, 0.1) is 0 Å². The minimum atomic E-state index is 0.274. The second-order valence-electron chi connectivity index (χ2n) is 6.65. The zero-order chi connectivity index (χ0) is 17.9. The van der Waals surface area contributed by atoms with Crippen LogP contribution in [-0.4, -0.2) is 36.9 Å². The number of unbranched alkanes of at least 4 members (excludes halogenated alkanes) is 3. The van der Waals surface area contributed by atoms with E-state index < -0.39 is 0 Å². The maximum absolute atomic E-state index is 11.8. The van der Waals surface area contributed by atoms with Crippen molar-refractivity contribution in [3.63, 3.8) is 0 Å². The molecule has 1 heterocycles. The van der Waals surface area contributed by atoms with E-state index >= 15 is 0 Å². The minimum Gasteiger partial charge on any atom is -0.356 e. The lowest BCUT2D eigenvalue weighted by atomic mass is 10.1. The number of benzene rings is 1. The fraction of sp³-hybridized carbons (Fsp3) is 0.600. The Morgan fingerprint density at radius 1 is 1.20 bits per heavy atom. The van der Waals surface area contributed by atoms with Gasteiger partial charge in [-0.25, -0.2) is 0 Å². The lowest BCUT2D eigenvalue weighted by Crippen LogP contribution is -2.37. The van der Waals surface area contributed by atoms with Gasteiger partial charge in [0.05, 0.1) is 0 Å². The first kappa shape index (κ1) is 19.3. The van der Waals surface area contributed by atoms with Gasteiger partial charge < -0.3 is 15.5 Å². The van der Waals surface area contributed by atoms with Crippen LogP contribution < -0.4 is 10.6 Å². The molecule has 1 aliphatic heterocycles. The summed E-state index contributed by atoms with van der Waals surface area (Å²) in [6.07, 6.45) is 6.67. The first-order valence-corrected chi connectivity index (χ1v) is 9.53. The molecule has 0 unspecified atom stereocenters. The molecule has 1 aromatic rings. The Kier molecular flexibility index (Phi) is 8.29. The molecule has 0 atom stereocenters. The van der Waals surface area contributed by atoms with Crippen molar-refractivity contribution in [3.8, 4) is 0 Å². The summed E-state index contributed by atoms with van der Waals surface area (Å²) in [7, 11) is 1.80. The molecule has 1 aromatic carbocycles. The Labute approximate surface area is 151 Å². The summed E-state index contributed by atoms with van der Waals surface area (Å²) in [5.74, 6) is 1.12. The van der Waals surface area contributed by atoms with Gasteiger partial charge in [-0.15, -0.1) is 0 Å². The number of likely N-dealkylation sites (tertiary alicyclic amines) is 1. The van der Waals surface area contributed by atoms with Gasteiger partial charge in [-0.2, -0.15) is 0 Å². The average Bonchev–Trinajstić information content (AvgIpc) is 3.02. The van der Waals surface area contributed by atoms with Crippen LogP contribution in [0.15, 0.2) is 29.3 Å². The van der Waals surface area contributed by atoms with Gasteiger partial charge in [0.25, 0.3) is 0 Å². The largest absolute Gasteiger partial charge is 0.356 e. The summed E-state index contributed by atoms with van der Waals surface area (Å²) in [6, 6.07) is 8.44. The first-order valence-electron chi connectivity index (χ1n) is 9.53. The third kappa shape index (κ3) is 6.77. The van der Waals surface area contributed by atoms with Gasteiger partial charge in [0.15, 0.2) is 5.96 Å². The second kappa shape index (κ2) is 10.7. The van der Waals surface area contributed by atoms with E-state index in [2.05, 4.69) is 46.8 Å². The molecule has 1 fully saturated rings. The standard InChI is InChI=1S/C20H32N4O/c1-3-4-5-6-12-22-20(21-2)23-15-17-9-7-10-18(14-17)16-24-13-8-11-19(24)25/h7,9-10,14H,3-6,8,11-13,15-16H2,1-2H3,(H2,21,22,23). The van der Waals surface area contributed by atoms with Crippen LogP contribution in [0.25, 0.3) is 0 Å². The number of nitrogens with one attached hydrogen (secondary N) is 2. The van der Waals surface area contributed by atoms with Crippen LogP contribution in [0.4, 0.5) is 0 Å². The molecule has 1 amide bonds. The van der Waals surface area contributed by atoms with Gasteiger partial charge in [-0.05, 0) is 24.0 Å². The fourth-order valence-corrected chi connectivity index (χ4v) is 3.09. The Morgan fingerprint density at radius 2 is 2.04 bits per heavy atom. The quantitative estimate of drug-likeness (QED) is 0.411. The molecule has 0 saturated carbocycles. The molecule has 0 spiro atoms. The van der Waals surface area contributed by atoms with E-state index in [1.54, 1.807) is 7.05 Å². The highest BCUT2D eigenvalue weighted by atomic mass is 16.2. The smallest absolute Gasteiger partial charge is 0.222 e. The van der Waals surface area contributed by atoms with E-state index in [9.17, 15) is 4.79 Å². The van der Waals surface area contributed by atoms with Gasteiger partial charge in [0.1, 0.15) is 0 Å². The number of nitrogens with zero attached hydrogens (tertiary/aromatic N) is 2. The molecular formula is C20H32N4O. The predicted octanol–water partition coefficient (Wildman–Crippen LogP) is 3.05. The average molecular weight is 345 g/mol. The lowest BCUT2D eigenvalue weighted by Gasteiger charge is -2.16. The highest BCUT2D eigenvalue weighted by Gasteiger charge is 2.19. The van der Waals surface area contributed by atoms with Gasteiger partial charge in [0.2, 0.25) is 5.91 Å².